The number of carbonyl (C=O) groups is 1. The van der Waals surface area contributed by atoms with Gasteiger partial charge in [-0.1, -0.05) is 24.3 Å². The van der Waals surface area contributed by atoms with Gasteiger partial charge in [0, 0.05) is 12.0 Å². The number of hydrogen-bond donors (Lipinski definition) is 0. The number of hydrogen-bond acceptors (Lipinski definition) is 5. The van der Waals surface area contributed by atoms with E-state index in [0.717, 1.165) is 5.56 Å². The second kappa shape index (κ2) is 7.01. The van der Waals surface area contributed by atoms with E-state index in [-0.39, 0.29) is 23.2 Å². The predicted octanol–water partition coefficient (Wildman–Crippen LogP) is 1.98. The third-order valence-electron chi connectivity index (χ3n) is 5.11. The summed E-state index contributed by atoms with van der Waals surface area (Å²) in [5.41, 5.74) is 1.82. The van der Waals surface area contributed by atoms with Crippen molar-refractivity contribution in [3.8, 4) is 0 Å². The molecule has 0 aliphatic carbocycles. The zero-order valence-corrected chi connectivity index (χ0v) is 15.5. The molecule has 4 rings (SSSR count). The molecular formula is C19H23FN4O3. The van der Waals surface area contributed by atoms with Crippen LogP contribution in [-0.4, -0.2) is 58.7 Å². The first-order valence-corrected chi connectivity index (χ1v) is 9.08. The van der Waals surface area contributed by atoms with Crippen molar-refractivity contribution in [2.24, 2.45) is 5.41 Å². The Kier molecular flexibility index (Phi) is 4.69. The normalized spacial score (nSPS) is 21.7. The highest BCUT2D eigenvalue weighted by Gasteiger charge is 2.35. The van der Waals surface area contributed by atoms with Crippen LogP contribution < -0.4 is 0 Å². The van der Waals surface area contributed by atoms with Gasteiger partial charge in [-0.3, -0.25) is 9.48 Å². The highest BCUT2D eigenvalue weighted by atomic mass is 19.1. The molecule has 0 bridgehead atoms. The topological polar surface area (TPSA) is 69.5 Å². The van der Waals surface area contributed by atoms with Crippen LogP contribution in [0.15, 0.2) is 24.4 Å². The monoisotopic (exact) mass is 374 g/mol. The molecule has 8 heteroatoms. The fraction of sp³-hybridized carbons (Fsp3) is 0.526. The van der Waals surface area contributed by atoms with E-state index in [1.165, 1.54) is 6.07 Å². The molecule has 7 nitrogen and oxygen atoms in total. The summed E-state index contributed by atoms with van der Waals surface area (Å²) in [7, 11) is 0. The number of ether oxygens (including phenoxy) is 2. The minimum Gasteiger partial charge on any atom is -0.380 e. The average molecular weight is 374 g/mol. The highest BCUT2D eigenvalue weighted by molar-refractivity contribution is 5.92. The van der Waals surface area contributed by atoms with Crippen molar-refractivity contribution in [3.05, 3.63) is 47.0 Å². The Labute approximate surface area is 157 Å². The number of rotatable bonds is 4. The van der Waals surface area contributed by atoms with Crippen molar-refractivity contribution in [1.82, 2.24) is 19.9 Å². The quantitative estimate of drug-likeness (QED) is 0.819. The molecule has 1 aromatic heterocycles. The number of amides is 1. The van der Waals surface area contributed by atoms with Crippen molar-refractivity contribution in [1.29, 1.82) is 0 Å². The van der Waals surface area contributed by atoms with E-state index in [1.54, 1.807) is 34.8 Å². The van der Waals surface area contributed by atoms with E-state index in [0.29, 0.717) is 50.7 Å². The molecule has 0 N–H and O–H groups in total. The minimum absolute atomic E-state index is 0.0541. The first-order valence-electron chi connectivity index (χ1n) is 9.08. The van der Waals surface area contributed by atoms with Gasteiger partial charge in [-0.25, -0.2) is 4.39 Å². The summed E-state index contributed by atoms with van der Waals surface area (Å²) >= 11 is 0. The Bertz CT molecular complexity index is 849. The maximum Gasteiger partial charge on any atom is 0.276 e. The molecule has 1 amide bonds. The molecule has 144 valence electrons. The molecule has 2 aromatic rings. The summed E-state index contributed by atoms with van der Waals surface area (Å²) in [4.78, 5) is 14.5. The summed E-state index contributed by atoms with van der Waals surface area (Å²) in [5.74, 6) is -0.409. The smallest absolute Gasteiger partial charge is 0.276 e. The van der Waals surface area contributed by atoms with Gasteiger partial charge in [-0.15, -0.1) is 5.10 Å². The third kappa shape index (κ3) is 3.72. The van der Waals surface area contributed by atoms with E-state index >= 15 is 0 Å². The summed E-state index contributed by atoms with van der Waals surface area (Å²) in [6.45, 7) is 7.23. The van der Waals surface area contributed by atoms with Crippen LogP contribution in [0, 0.1) is 18.2 Å². The van der Waals surface area contributed by atoms with Crippen molar-refractivity contribution in [3.63, 3.8) is 0 Å². The van der Waals surface area contributed by atoms with Crippen molar-refractivity contribution in [2.45, 2.75) is 26.5 Å². The molecule has 0 spiro atoms. The first kappa shape index (κ1) is 18.1. The Morgan fingerprint density at radius 1 is 1.41 bits per heavy atom. The number of nitrogens with zero attached hydrogens (tertiary/aromatic N) is 4. The van der Waals surface area contributed by atoms with Gasteiger partial charge in [0.2, 0.25) is 0 Å². The molecule has 1 aromatic carbocycles. The van der Waals surface area contributed by atoms with Crippen molar-refractivity contribution in [2.75, 3.05) is 32.9 Å². The highest BCUT2D eigenvalue weighted by Crippen LogP contribution is 2.28. The van der Waals surface area contributed by atoms with Crippen molar-refractivity contribution < 1.29 is 18.7 Å². The minimum atomic E-state index is -0.275. The van der Waals surface area contributed by atoms with E-state index < -0.39 is 0 Å². The molecule has 0 radical (unpaired) electrons. The number of carbonyl (C=O) groups excluding carboxylic acids is 1. The van der Waals surface area contributed by atoms with Gasteiger partial charge >= 0.3 is 0 Å². The van der Waals surface area contributed by atoms with E-state index in [4.69, 9.17) is 9.47 Å². The van der Waals surface area contributed by atoms with Crippen LogP contribution in [0.4, 0.5) is 4.39 Å². The predicted molar refractivity (Wildman–Crippen MR) is 94.7 cm³/mol. The number of aromatic nitrogens is 3. The average Bonchev–Trinajstić information content (AvgIpc) is 3.10. The van der Waals surface area contributed by atoms with Crippen LogP contribution in [0.3, 0.4) is 0 Å². The van der Waals surface area contributed by atoms with E-state index in [1.807, 2.05) is 0 Å². The summed E-state index contributed by atoms with van der Waals surface area (Å²) in [5, 5.41) is 8.14. The van der Waals surface area contributed by atoms with Crippen LogP contribution in [0.5, 0.6) is 0 Å². The summed E-state index contributed by atoms with van der Waals surface area (Å²) < 4.78 is 26.3. The molecule has 2 fully saturated rings. The van der Waals surface area contributed by atoms with Gasteiger partial charge in [0.15, 0.2) is 5.69 Å². The van der Waals surface area contributed by atoms with Gasteiger partial charge in [0.25, 0.3) is 5.91 Å². The SMILES string of the molecule is Cc1cc(C2CN(C(=O)c3cn(CC4(C)COC4)nn3)CCO2)ccc1F. The number of halogens is 1. The zero-order chi connectivity index (χ0) is 19.0. The molecule has 3 heterocycles. The molecule has 1 unspecified atom stereocenters. The number of benzene rings is 1. The van der Waals surface area contributed by atoms with Crippen LogP contribution in [0.25, 0.3) is 0 Å². The van der Waals surface area contributed by atoms with E-state index in [9.17, 15) is 9.18 Å². The zero-order valence-electron chi connectivity index (χ0n) is 15.5. The molecule has 2 saturated heterocycles. The molecule has 0 saturated carbocycles. The second-order valence-electron chi connectivity index (χ2n) is 7.72. The number of aryl methyl sites for hydroxylation is 1. The molecular weight excluding hydrogens is 351 g/mol. The van der Waals surface area contributed by atoms with Crippen LogP contribution in [0.2, 0.25) is 0 Å². The molecule has 1 atom stereocenters. The van der Waals surface area contributed by atoms with Crippen LogP contribution >= 0.6 is 0 Å². The van der Waals surface area contributed by atoms with E-state index in [2.05, 4.69) is 17.2 Å². The molecule has 2 aliphatic heterocycles. The fourth-order valence-electron chi connectivity index (χ4n) is 3.47. The Morgan fingerprint density at radius 3 is 2.93 bits per heavy atom. The van der Waals surface area contributed by atoms with Gasteiger partial charge < -0.3 is 14.4 Å². The van der Waals surface area contributed by atoms with Gasteiger partial charge in [-0.05, 0) is 24.1 Å². The lowest BCUT2D eigenvalue weighted by atomic mass is 9.89. The van der Waals surface area contributed by atoms with Gasteiger partial charge in [0.05, 0.1) is 39.1 Å². The summed E-state index contributed by atoms with van der Waals surface area (Å²) in [6, 6.07) is 4.91. The Balaban J connectivity index is 1.44. The first-order chi connectivity index (χ1) is 12.9. The van der Waals surface area contributed by atoms with Gasteiger partial charge in [-0.2, -0.15) is 0 Å². The van der Waals surface area contributed by atoms with Crippen molar-refractivity contribution >= 4 is 5.91 Å². The van der Waals surface area contributed by atoms with Gasteiger partial charge in [0.1, 0.15) is 11.9 Å². The molecule has 2 aliphatic rings. The lowest BCUT2D eigenvalue weighted by Crippen LogP contribution is -2.43. The second-order valence-corrected chi connectivity index (χ2v) is 7.72. The third-order valence-corrected chi connectivity index (χ3v) is 5.11. The molecule has 27 heavy (non-hydrogen) atoms. The summed E-state index contributed by atoms with van der Waals surface area (Å²) in [6.07, 6.45) is 1.42. The lowest BCUT2D eigenvalue weighted by molar-refractivity contribution is -0.111. The Hall–Kier alpha value is -2.32. The standard InChI is InChI=1S/C19H23FN4O3/c1-13-7-14(3-4-15(13)20)17-9-23(5-6-27-17)18(25)16-8-24(22-21-16)10-19(2)11-26-12-19/h3-4,7-8,17H,5-6,9-12H2,1-2H3. The van der Waals surface area contributed by atoms with Crippen LogP contribution in [0.1, 0.15) is 34.6 Å². The lowest BCUT2D eigenvalue weighted by Gasteiger charge is -2.37. The largest absolute Gasteiger partial charge is 0.380 e. The Morgan fingerprint density at radius 2 is 2.22 bits per heavy atom. The van der Waals surface area contributed by atoms with Crippen LogP contribution in [-0.2, 0) is 16.0 Å². The fourth-order valence-corrected chi connectivity index (χ4v) is 3.47. The number of morpholine rings is 1. The maximum atomic E-state index is 13.5. The maximum absolute atomic E-state index is 13.5.